The summed E-state index contributed by atoms with van der Waals surface area (Å²) in [5.74, 6) is 3.71. The molecule has 5 aromatic rings. The Morgan fingerprint density at radius 2 is 2.08 bits per heavy atom. The van der Waals surface area contributed by atoms with Gasteiger partial charge in [0, 0.05) is 37.6 Å². The molecular weight excluding hydrogens is 458 g/mol. The number of nitrogens with zero attached hydrogens (tertiary/aromatic N) is 7. The van der Waals surface area contributed by atoms with Gasteiger partial charge in [0.05, 0.1) is 23.1 Å². The van der Waals surface area contributed by atoms with Crippen LogP contribution in [0.15, 0.2) is 55.4 Å². The molecule has 1 aromatic carbocycles. The summed E-state index contributed by atoms with van der Waals surface area (Å²) in [5.41, 5.74) is 3.32. The minimum Gasteiger partial charge on any atom is -0.487 e. The van der Waals surface area contributed by atoms with Gasteiger partial charge >= 0.3 is 0 Å². The predicted molar refractivity (Wildman–Crippen MR) is 134 cm³/mol. The molecule has 36 heavy (non-hydrogen) atoms. The van der Waals surface area contributed by atoms with Crippen LogP contribution in [0.3, 0.4) is 0 Å². The Morgan fingerprint density at radius 1 is 1.11 bits per heavy atom. The maximum Gasteiger partial charge on any atom is 0.175 e. The molecule has 2 aliphatic heterocycles. The Bertz CT molecular complexity index is 1600. The SMILES string of the molecule is Cc1cc(Nc2ncnc3cnc4c(c23)OC[C@@H]2CNCCN42)ccc1Oc1ccn2ncnc2c1. The zero-order chi connectivity index (χ0) is 24.1. The van der Waals surface area contributed by atoms with E-state index < -0.39 is 0 Å². The second kappa shape index (κ2) is 8.31. The maximum atomic E-state index is 6.22. The highest BCUT2D eigenvalue weighted by molar-refractivity contribution is 5.98. The Labute approximate surface area is 206 Å². The van der Waals surface area contributed by atoms with Crippen molar-refractivity contribution in [2.24, 2.45) is 0 Å². The van der Waals surface area contributed by atoms with Crippen LogP contribution in [0.25, 0.3) is 16.6 Å². The monoisotopic (exact) mass is 481 g/mol. The summed E-state index contributed by atoms with van der Waals surface area (Å²) >= 11 is 0. The Morgan fingerprint density at radius 3 is 3.03 bits per heavy atom. The molecular formula is C25H23N9O2. The number of pyridine rings is 2. The van der Waals surface area contributed by atoms with Crippen molar-refractivity contribution >= 4 is 33.9 Å². The fourth-order valence-electron chi connectivity index (χ4n) is 4.78. The number of benzene rings is 1. The van der Waals surface area contributed by atoms with Gasteiger partial charge in [-0.3, -0.25) is 0 Å². The lowest BCUT2D eigenvalue weighted by molar-refractivity contribution is 0.247. The number of anilines is 3. The quantitative estimate of drug-likeness (QED) is 0.397. The number of hydrogen-bond donors (Lipinski definition) is 2. The van der Waals surface area contributed by atoms with E-state index in [0.717, 1.165) is 64.8 Å². The van der Waals surface area contributed by atoms with E-state index in [9.17, 15) is 0 Å². The first-order chi connectivity index (χ1) is 17.7. The first-order valence-corrected chi connectivity index (χ1v) is 11.8. The number of ether oxygens (including phenoxy) is 2. The largest absolute Gasteiger partial charge is 0.487 e. The van der Waals surface area contributed by atoms with Crippen LogP contribution in [0.5, 0.6) is 17.2 Å². The van der Waals surface area contributed by atoms with E-state index in [1.807, 2.05) is 43.5 Å². The molecule has 2 aliphatic rings. The van der Waals surface area contributed by atoms with Gasteiger partial charge in [-0.1, -0.05) is 0 Å². The van der Waals surface area contributed by atoms with Crippen molar-refractivity contribution < 1.29 is 9.47 Å². The van der Waals surface area contributed by atoms with E-state index in [2.05, 4.69) is 40.6 Å². The van der Waals surface area contributed by atoms with Gasteiger partial charge in [-0.15, -0.1) is 0 Å². The van der Waals surface area contributed by atoms with Crippen LogP contribution >= 0.6 is 0 Å². The molecule has 180 valence electrons. The van der Waals surface area contributed by atoms with Crippen molar-refractivity contribution in [3.8, 4) is 17.2 Å². The van der Waals surface area contributed by atoms with Crippen LogP contribution in [-0.4, -0.2) is 61.8 Å². The molecule has 2 N–H and O–H groups in total. The maximum absolute atomic E-state index is 6.22. The number of hydrogen-bond acceptors (Lipinski definition) is 10. The van der Waals surface area contributed by atoms with Gasteiger partial charge in [0.1, 0.15) is 36.6 Å². The lowest BCUT2D eigenvalue weighted by Gasteiger charge is -2.41. The van der Waals surface area contributed by atoms with Crippen molar-refractivity contribution in [3.63, 3.8) is 0 Å². The third-order valence-corrected chi connectivity index (χ3v) is 6.58. The van der Waals surface area contributed by atoms with E-state index in [1.165, 1.54) is 6.33 Å². The lowest BCUT2D eigenvalue weighted by atomic mass is 10.1. The molecule has 11 nitrogen and oxygen atoms in total. The predicted octanol–water partition coefficient (Wildman–Crippen LogP) is 3.08. The lowest BCUT2D eigenvalue weighted by Crippen LogP contribution is -2.56. The topological polar surface area (TPSA) is 115 Å². The minimum atomic E-state index is 0.276. The van der Waals surface area contributed by atoms with Gasteiger partial charge in [-0.25, -0.2) is 24.5 Å². The van der Waals surface area contributed by atoms with Crippen LogP contribution in [0.4, 0.5) is 17.3 Å². The minimum absolute atomic E-state index is 0.276. The normalized spacial score (nSPS) is 16.9. The molecule has 7 rings (SSSR count). The van der Waals surface area contributed by atoms with E-state index in [0.29, 0.717) is 18.2 Å². The van der Waals surface area contributed by atoms with E-state index in [4.69, 9.17) is 9.47 Å². The fraction of sp³-hybridized carbons (Fsp3) is 0.240. The van der Waals surface area contributed by atoms with E-state index in [-0.39, 0.29) is 6.04 Å². The third-order valence-electron chi connectivity index (χ3n) is 6.58. The summed E-state index contributed by atoms with van der Waals surface area (Å²) in [5, 5.41) is 11.8. The van der Waals surface area contributed by atoms with Crippen molar-refractivity contribution in [1.29, 1.82) is 0 Å². The van der Waals surface area contributed by atoms with Gasteiger partial charge in [0.15, 0.2) is 17.2 Å². The zero-order valence-corrected chi connectivity index (χ0v) is 19.5. The van der Waals surface area contributed by atoms with Crippen LogP contribution in [0, 0.1) is 6.92 Å². The molecule has 1 saturated heterocycles. The molecule has 0 radical (unpaired) electrons. The van der Waals surface area contributed by atoms with Gasteiger partial charge in [0.2, 0.25) is 0 Å². The van der Waals surface area contributed by atoms with Crippen LogP contribution < -0.4 is 25.0 Å². The Hall–Kier alpha value is -4.51. The number of nitrogens with one attached hydrogen (secondary N) is 2. The van der Waals surface area contributed by atoms with Crippen molar-refractivity contribution in [2.45, 2.75) is 13.0 Å². The van der Waals surface area contributed by atoms with Gasteiger partial charge in [0.25, 0.3) is 0 Å². The molecule has 0 spiro atoms. The summed E-state index contributed by atoms with van der Waals surface area (Å²) in [6.45, 7) is 5.30. The number of piperazine rings is 1. The third kappa shape index (κ3) is 3.52. The summed E-state index contributed by atoms with van der Waals surface area (Å²) in [7, 11) is 0. The smallest absolute Gasteiger partial charge is 0.175 e. The fourth-order valence-corrected chi connectivity index (χ4v) is 4.78. The van der Waals surface area contributed by atoms with Crippen molar-refractivity contribution in [3.05, 3.63) is 60.9 Å². The molecule has 0 bridgehead atoms. The average molecular weight is 482 g/mol. The highest BCUT2D eigenvalue weighted by atomic mass is 16.5. The second-order valence-corrected chi connectivity index (χ2v) is 8.89. The molecule has 0 amide bonds. The Balaban J connectivity index is 1.20. The molecule has 1 fully saturated rings. The van der Waals surface area contributed by atoms with Gasteiger partial charge < -0.3 is 25.0 Å². The molecule has 6 heterocycles. The Kier molecular flexibility index (Phi) is 4.81. The standard InChI is InChI=1S/C25H23N9O2/c1-15-8-16(2-3-20(15)36-18-4-6-34-21(9-18)29-14-31-34)32-24-22-19(28-13-30-24)11-27-25-23(22)35-12-17-10-26-5-7-33(17)25/h2-4,6,8-9,11,13-14,17,26H,5,7,10,12H2,1H3,(H,28,30,32)/t17-/m0/s1. The van der Waals surface area contributed by atoms with E-state index in [1.54, 1.807) is 17.0 Å². The van der Waals surface area contributed by atoms with Crippen LogP contribution in [0.2, 0.25) is 0 Å². The van der Waals surface area contributed by atoms with Gasteiger partial charge in [-0.2, -0.15) is 5.10 Å². The second-order valence-electron chi connectivity index (χ2n) is 8.89. The first kappa shape index (κ1) is 20.8. The number of rotatable bonds is 4. The zero-order valence-electron chi connectivity index (χ0n) is 19.5. The molecule has 0 saturated carbocycles. The summed E-state index contributed by atoms with van der Waals surface area (Å²) in [4.78, 5) is 20.2. The number of fused-ring (bicyclic) bond motifs is 6. The van der Waals surface area contributed by atoms with Crippen molar-refractivity contribution in [1.82, 2.24) is 34.9 Å². The first-order valence-electron chi connectivity index (χ1n) is 11.8. The van der Waals surface area contributed by atoms with Crippen LogP contribution in [-0.2, 0) is 0 Å². The highest BCUT2D eigenvalue weighted by Crippen LogP contribution is 2.41. The number of aryl methyl sites for hydroxylation is 1. The molecule has 11 heteroatoms. The molecule has 0 aliphatic carbocycles. The van der Waals surface area contributed by atoms with Crippen molar-refractivity contribution in [2.75, 3.05) is 36.5 Å². The summed E-state index contributed by atoms with van der Waals surface area (Å²) in [6.07, 6.45) is 6.68. The molecule has 0 unspecified atom stereocenters. The highest BCUT2D eigenvalue weighted by Gasteiger charge is 2.33. The average Bonchev–Trinajstić information content (AvgIpc) is 3.38. The van der Waals surface area contributed by atoms with Crippen LogP contribution in [0.1, 0.15) is 5.56 Å². The summed E-state index contributed by atoms with van der Waals surface area (Å²) in [6, 6.07) is 9.92. The van der Waals surface area contributed by atoms with Gasteiger partial charge in [-0.05, 0) is 36.8 Å². The molecule has 4 aromatic heterocycles. The summed E-state index contributed by atoms with van der Waals surface area (Å²) < 4.78 is 14.0. The van der Waals surface area contributed by atoms with E-state index >= 15 is 0 Å². The number of aromatic nitrogens is 6. The molecule has 1 atom stereocenters.